The summed E-state index contributed by atoms with van der Waals surface area (Å²) < 4.78 is 6.05. The summed E-state index contributed by atoms with van der Waals surface area (Å²) in [6, 6.07) is 9.53. The van der Waals surface area contributed by atoms with E-state index in [1.165, 1.54) is 0 Å². The number of halogens is 1. The van der Waals surface area contributed by atoms with E-state index in [2.05, 4.69) is 26.1 Å². The van der Waals surface area contributed by atoms with Crippen molar-refractivity contribution in [1.82, 2.24) is 15.1 Å². The minimum Gasteiger partial charge on any atom is -0.466 e. The number of aromatic nitrogens is 2. The van der Waals surface area contributed by atoms with Crippen LogP contribution >= 0.6 is 15.9 Å². The second-order valence-electron chi connectivity index (χ2n) is 5.99. The van der Waals surface area contributed by atoms with Crippen LogP contribution in [0.25, 0.3) is 11.3 Å². The molecule has 1 saturated heterocycles. The van der Waals surface area contributed by atoms with E-state index in [1.54, 1.807) is 17.9 Å². The number of esters is 1. The van der Waals surface area contributed by atoms with Gasteiger partial charge in [-0.2, -0.15) is 5.10 Å². The number of nitrogens with zero attached hydrogens (tertiary/aromatic N) is 2. The van der Waals surface area contributed by atoms with Gasteiger partial charge in [-0.1, -0.05) is 28.1 Å². The van der Waals surface area contributed by atoms with Crippen molar-refractivity contribution in [3.8, 4) is 11.3 Å². The number of piperidine rings is 1. The molecule has 1 N–H and O–H groups in total. The lowest BCUT2D eigenvalue weighted by atomic mass is 9.97. The van der Waals surface area contributed by atoms with E-state index < -0.39 is 0 Å². The third kappa shape index (κ3) is 4.10. The van der Waals surface area contributed by atoms with E-state index in [-0.39, 0.29) is 17.8 Å². The number of likely N-dealkylation sites (tertiary alicyclic amines) is 1. The maximum Gasteiger partial charge on any atom is 0.309 e. The number of hydrogen-bond donors (Lipinski definition) is 1. The van der Waals surface area contributed by atoms with Crippen LogP contribution in [0.3, 0.4) is 0 Å². The largest absolute Gasteiger partial charge is 0.466 e. The molecule has 3 rings (SSSR count). The van der Waals surface area contributed by atoms with Gasteiger partial charge < -0.3 is 9.64 Å². The zero-order valence-electron chi connectivity index (χ0n) is 14.0. The van der Waals surface area contributed by atoms with Crippen LogP contribution in [0.4, 0.5) is 0 Å². The molecule has 6 nitrogen and oxygen atoms in total. The molecule has 1 aliphatic heterocycles. The molecule has 0 aliphatic carbocycles. The number of rotatable bonds is 4. The average molecular weight is 406 g/mol. The summed E-state index contributed by atoms with van der Waals surface area (Å²) in [4.78, 5) is 26.2. The SMILES string of the molecule is CCOC(=O)C1CCN(C(=O)c2cc(-c3ccc(Br)cc3)n[nH]2)CC1. The first kappa shape index (κ1) is 17.7. The number of hydrogen-bond acceptors (Lipinski definition) is 4. The molecular formula is C18H20BrN3O3. The van der Waals surface area contributed by atoms with Crippen LogP contribution < -0.4 is 0 Å². The molecule has 0 radical (unpaired) electrons. The van der Waals surface area contributed by atoms with Gasteiger partial charge in [0, 0.05) is 23.1 Å². The van der Waals surface area contributed by atoms with E-state index >= 15 is 0 Å². The Hall–Kier alpha value is -2.15. The van der Waals surface area contributed by atoms with Gasteiger partial charge in [-0.3, -0.25) is 14.7 Å². The lowest BCUT2D eigenvalue weighted by Gasteiger charge is -2.30. The number of benzene rings is 1. The van der Waals surface area contributed by atoms with E-state index in [9.17, 15) is 9.59 Å². The molecule has 0 spiro atoms. The van der Waals surface area contributed by atoms with Crippen molar-refractivity contribution in [2.75, 3.05) is 19.7 Å². The van der Waals surface area contributed by atoms with Gasteiger partial charge in [-0.25, -0.2) is 0 Å². The quantitative estimate of drug-likeness (QED) is 0.791. The normalized spacial score (nSPS) is 15.2. The van der Waals surface area contributed by atoms with Gasteiger partial charge in [-0.05, 0) is 38.0 Å². The van der Waals surface area contributed by atoms with E-state index in [0.717, 1.165) is 15.7 Å². The van der Waals surface area contributed by atoms with Crippen LogP contribution in [-0.2, 0) is 9.53 Å². The van der Waals surface area contributed by atoms with E-state index in [4.69, 9.17) is 4.74 Å². The van der Waals surface area contributed by atoms with Crippen molar-refractivity contribution in [3.05, 3.63) is 40.5 Å². The molecule has 1 aromatic heterocycles. The maximum atomic E-state index is 12.6. The fourth-order valence-electron chi connectivity index (χ4n) is 2.95. The Morgan fingerprint density at radius 1 is 1.28 bits per heavy atom. The average Bonchev–Trinajstić information content (AvgIpc) is 3.12. The van der Waals surface area contributed by atoms with Crippen molar-refractivity contribution in [3.63, 3.8) is 0 Å². The Kier molecular flexibility index (Phi) is 5.53. The molecule has 7 heteroatoms. The highest BCUT2D eigenvalue weighted by Crippen LogP contribution is 2.23. The summed E-state index contributed by atoms with van der Waals surface area (Å²) in [6.45, 7) is 3.30. The Morgan fingerprint density at radius 3 is 2.60 bits per heavy atom. The number of carbonyl (C=O) groups is 2. The summed E-state index contributed by atoms with van der Waals surface area (Å²) >= 11 is 3.40. The summed E-state index contributed by atoms with van der Waals surface area (Å²) in [5.74, 6) is -0.351. The molecule has 0 bridgehead atoms. The lowest BCUT2D eigenvalue weighted by Crippen LogP contribution is -2.40. The van der Waals surface area contributed by atoms with Crippen molar-refractivity contribution >= 4 is 27.8 Å². The summed E-state index contributed by atoms with van der Waals surface area (Å²) in [5.41, 5.74) is 2.14. The van der Waals surface area contributed by atoms with Gasteiger partial charge in [0.05, 0.1) is 18.2 Å². The monoisotopic (exact) mass is 405 g/mol. The van der Waals surface area contributed by atoms with Gasteiger partial charge in [0.1, 0.15) is 5.69 Å². The van der Waals surface area contributed by atoms with Crippen LogP contribution in [0, 0.1) is 5.92 Å². The fourth-order valence-corrected chi connectivity index (χ4v) is 3.21. The highest BCUT2D eigenvalue weighted by molar-refractivity contribution is 9.10. The minimum atomic E-state index is -0.159. The first-order chi connectivity index (χ1) is 12.1. The molecule has 0 saturated carbocycles. The minimum absolute atomic E-state index is 0.0850. The van der Waals surface area contributed by atoms with Crippen molar-refractivity contribution < 1.29 is 14.3 Å². The Balaban J connectivity index is 1.63. The molecule has 0 atom stereocenters. The second kappa shape index (κ2) is 7.82. The van der Waals surface area contributed by atoms with Gasteiger partial charge in [-0.15, -0.1) is 0 Å². The molecule has 1 aromatic carbocycles. The second-order valence-corrected chi connectivity index (χ2v) is 6.91. The standard InChI is InChI=1S/C18H20BrN3O3/c1-2-25-18(24)13-7-9-22(10-8-13)17(23)16-11-15(20-21-16)12-3-5-14(19)6-4-12/h3-6,11,13H,2,7-10H2,1H3,(H,20,21). The van der Waals surface area contributed by atoms with E-state index in [1.807, 2.05) is 24.3 Å². The number of H-pyrrole nitrogens is 1. The molecule has 0 unspecified atom stereocenters. The number of carbonyl (C=O) groups excluding carboxylic acids is 2. The highest BCUT2D eigenvalue weighted by atomic mass is 79.9. The molecule has 132 valence electrons. The maximum absolute atomic E-state index is 12.6. The molecule has 2 heterocycles. The topological polar surface area (TPSA) is 75.3 Å². The fraction of sp³-hybridized carbons (Fsp3) is 0.389. The number of ether oxygens (including phenoxy) is 1. The molecule has 1 fully saturated rings. The molecule has 1 amide bonds. The predicted molar refractivity (Wildman–Crippen MR) is 97.0 cm³/mol. The van der Waals surface area contributed by atoms with E-state index in [0.29, 0.717) is 38.2 Å². The smallest absolute Gasteiger partial charge is 0.309 e. The first-order valence-corrected chi connectivity index (χ1v) is 9.15. The molecule has 1 aliphatic rings. The van der Waals surface area contributed by atoms with Crippen LogP contribution in [0.15, 0.2) is 34.8 Å². The van der Waals surface area contributed by atoms with Gasteiger partial charge in [0.25, 0.3) is 5.91 Å². The number of amides is 1. The predicted octanol–water partition coefficient (Wildman–Crippen LogP) is 3.25. The summed E-state index contributed by atoms with van der Waals surface area (Å²) in [6.07, 6.45) is 1.27. The van der Waals surface area contributed by atoms with Gasteiger partial charge in [0.2, 0.25) is 0 Å². The van der Waals surface area contributed by atoms with Gasteiger partial charge in [0.15, 0.2) is 0 Å². The Bertz CT molecular complexity index is 749. The highest BCUT2D eigenvalue weighted by Gasteiger charge is 2.29. The molecule has 2 aromatic rings. The van der Waals surface area contributed by atoms with Crippen LogP contribution in [0.1, 0.15) is 30.3 Å². The summed E-state index contributed by atoms with van der Waals surface area (Å²) in [7, 11) is 0. The molecular weight excluding hydrogens is 386 g/mol. The van der Waals surface area contributed by atoms with Crippen molar-refractivity contribution in [1.29, 1.82) is 0 Å². The van der Waals surface area contributed by atoms with Crippen LogP contribution in [0.2, 0.25) is 0 Å². The molecule has 25 heavy (non-hydrogen) atoms. The number of aromatic amines is 1. The van der Waals surface area contributed by atoms with Crippen molar-refractivity contribution in [2.24, 2.45) is 5.92 Å². The zero-order chi connectivity index (χ0) is 17.8. The van der Waals surface area contributed by atoms with Crippen LogP contribution in [-0.4, -0.2) is 46.7 Å². The third-order valence-electron chi connectivity index (χ3n) is 4.35. The third-order valence-corrected chi connectivity index (χ3v) is 4.88. The Morgan fingerprint density at radius 2 is 1.96 bits per heavy atom. The summed E-state index contributed by atoms with van der Waals surface area (Å²) in [5, 5.41) is 7.06. The number of nitrogens with one attached hydrogen (secondary N) is 1. The zero-order valence-corrected chi connectivity index (χ0v) is 15.6. The van der Waals surface area contributed by atoms with Gasteiger partial charge >= 0.3 is 5.97 Å². The first-order valence-electron chi connectivity index (χ1n) is 8.35. The van der Waals surface area contributed by atoms with Crippen LogP contribution in [0.5, 0.6) is 0 Å². The van der Waals surface area contributed by atoms with Crippen molar-refractivity contribution in [2.45, 2.75) is 19.8 Å². The lowest BCUT2D eigenvalue weighted by molar-refractivity contribution is -0.149. The Labute approximate surface area is 154 Å².